The summed E-state index contributed by atoms with van der Waals surface area (Å²) in [4.78, 5) is 17.8. The molecule has 1 aliphatic rings. The Bertz CT molecular complexity index is 808. The summed E-state index contributed by atoms with van der Waals surface area (Å²) in [5, 5.41) is 10.6. The maximum Gasteiger partial charge on any atom is 0.257 e. The molecule has 1 amide bonds. The number of aryl methyl sites for hydroxylation is 1. The van der Waals surface area contributed by atoms with E-state index in [0.717, 1.165) is 27.5 Å². The SMILES string of the molecule is COc1ccc2c(c1)SC(c1ccc(C)cc1)C(O)C(=O)N2CCN(C)C. The number of aliphatic hydroxyl groups excluding tert-OH is 1. The van der Waals surface area contributed by atoms with E-state index in [1.165, 1.54) is 11.8 Å². The standard InChI is InChI=1S/C21H26N2O3S/c1-14-5-7-15(8-6-14)20-19(24)21(25)23(12-11-22(2)3)17-10-9-16(26-4)13-18(17)27-20/h5-10,13,19-20,24H,11-12H2,1-4H3. The molecule has 0 fully saturated rings. The first kappa shape index (κ1) is 19.7. The summed E-state index contributed by atoms with van der Waals surface area (Å²) in [6, 6.07) is 13.7. The lowest BCUT2D eigenvalue weighted by Gasteiger charge is -2.26. The molecule has 0 bridgehead atoms. The van der Waals surface area contributed by atoms with Gasteiger partial charge in [0.2, 0.25) is 0 Å². The number of anilines is 1. The van der Waals surface area contributed by atoms with Crippen LogP contribution in [0.2, 0.25) is 0 Å². The van der Waals surface area contributed by atoms with Crippen molar-refractivity contribution in [3.05, 3.63) is 53.6 Å². The molecule has 1 N–H and O–H groups in total. The van der Waals surface area contributed by atoms with Crippen LogP contribution in [0, 0.1) is 6.92 Å². The molecule has 2 atom stereocenters. The Morgan fingerprint density at radius 1 is 1.19 bits per heavy atom. The zero-order chi connectivity index (χ0) is 19.6. The van der Waals surface area contributed by atoms with Gasteiger partial charge in [-0.15, -0.1) is 11.8 Å². The van der Waals surface area contributed by atoms with Gasteiger partial charge in [-0.2, -0.15) is 0 Å². The summed E-state index contributed by atoms with van der Waals surface area (Å²) in [5.74, 6) is 0.471. The number of methoxy groups -OCH3 is 1. The van der Waals surface area contributed by atoms with Gasteiger partial charge in [-0.25, -0.2) is 0 Å². The fourth-order valence-corrected chi connectivity index (χ4v) is 4.38. The fraction of sp³-hybridized carbons (Fsp3) is 0.381. The van der Waals surface area contributed by atoms with Crippen LogP contribution in [0.3, 0.4) is 0 Å². The van der Waals surface area contributed by atoms with Gasteiger partial charge in [-0.3, -0.25) is 4.79 Å². The van der Waals surface area contributed by atoms with Crippen LogP contribution in [0.1, 0.15) is 16.4 Å². The molecule has 1 aliphatic heterocycles. The number of aliphatic hydroxyl groups is 1. The summed E-state index contributed by atoms with van der Waals surface area (Å²) >= 11 is 1.51. The van der Waals surface area contributed by atoms with E-state index in [1.807, 2.05) is 68.4 Å². The molecule has 0 spiro atoms. The number of fused-ring (bicyclic) bond motifs is 1. The zero-order valence-electron chi connectivity index (χ0n) is 16.2. The van der Waals surface area contributed by atoms with Crippen LogP contribution < -0.4 is 9.64 Å². The van der Waals surface area contributed by atoms with E-state index >= 15 is 0 Å². The zero-order valence-corrected chi connectivity index (χ0v) is 17.0. The van der Waals surface area contributed by atoms with Crippen LogP contribution in [0.25, 0.3) is 0 Å². The highest BCUT2D eigenvalue weighted by Crippen LogP contribution is 2.46. The lowest BCUT2D eigenvalue weighted by atomic mass is 10.0. The van der Waals surface area contributed by atoms with Crippen molar-refractivity contribution in [2.75, 3.05) is 39.2 Å². The smallest absolute Gasteiger partial charge is 0.257 e. The number of thioether (sulfide) groups is 1. The maximum atomic E-state index is 13.1. The Balaban J connectivity index is 2.04. The number of nitrogens with zero attached hydrogens (tertiary/aromatic N) is 2. The van der Waals surface area contributed by atoms with Crippen molar-refractivity contribution in [1.29, 1.82) is 0 Å². The molecular formula is C21H26N2O3S. The molecule has 27 heavy (non-hydrogen) atoms. The molecule has 3 rings (SSSR count). The average molecular weight is 387 g/mol. The first-order chi connectivity index (χ1) is 12.9. The van der Waals surface area contributed by atoms with Crippen molar-refractivity contribution in [1.82, 2.24) is 4.90 Å². The third kappa shape index (κ3) is 4.29. The second-order valence-corrected chi connectivity index (χ2v) is 8.20. The van der Waals surface area contributed by atoms with Gasteiger partial charge in [-0.1, -0.05) is 29.8 Å². The maximum absolute atomic E-state index is 13.1. The van der Waals surface area contributed by atoms with Gasteiger partial charge < -0.3 is 19.6 Å². The van der Waals surface area contributed by atoms with Gasteiger partial charge in [-0.05, 0) is 44.8 Å². The Morgan fingerprint density at radius 3 is 2.52 bits per heavy atom. The monoisotopic (exact) mass is 386 g/mol. The predicted octanol–water partition coefficient (Wildman–Crippen LogP) is 3.11. The highest BCUT2D eigenvalue weighted by Gasteiger charge is 2.37. The fourth-order valence-electron chi connectivity index (χ4n) is 3.09. The highest BCUT2D eigenvalue weighted by atomic mass is 32.2. The van der Waals surface area contributed by atoms with E-state index in [0.29, 0.717) is 13.1 Å². The molecule has 0 saturated carbocycles. The third-order valence-corrected chi connectivity index (χ3v) is 6.06. The third-order valence-electron chi connectivity index (χ3n) is 4.69. The molecule has 144 valence electrons. The molecule has 0 radical (unpaired) electrons. The molecule has 6 heteroatoms. The van der Waals surface area contributed by atoms with Gasteiger partial charge in [0, 0.05) is 18.0 Å². The predicted molar refractivity (Wildman–Crippen MR) is 110 cm³/mol. The van der Waals surface area contributed by atoms with E-state index in [1.54, 1.807) is 12.0 Å². The minimum atomic E-state index is -1.11. The number of amides is 1. The van der Waals surface area contributed by atoms with Gasteiger partial charge in [0.05, 0.1) is 18.0 Å². The minimum absolute atomic E-state index is 0.265. The lowest BCUT2D eigenvalue weighted by Crippen LogP contribution is -2.43. The summed E-state index contributed by atoms with van der Waals surface area (Å²) < 4.78 is 5.38. The van der Waals surface area contributed by atoms with Crippen molar-refractivity contribution in [3.8, 4) is 5.75 Å². The van der Waals surface area contributed by atoms with E-state index in [-0.39, 0.29) is 11.2 Å². The Kier molecular flexibility index (Phi) is 6.09. The number of hydrogen-bond acceptors (Lipinski definition) is 5. The quantitative estimate of drug-likeness (QED) is 0.856. The Morgan fingerprint density at radius 2 is 1.89 bits per heavy atom. The molecule has 5 nitrogen and oxygen atoms in total. The van der Waals surface area contributed by atoms with Gasteiger partial charge >= 0.3 is 0 Å². The summed E-state index contributed by atoms with van der Waals surface area (Å²) in [7, 11) is 5.57. The largest absolute Gasteiger partial charge is 0.497 e. The van der Waals surface area contributed by atoms with Crippen LogP contribution in [0.5, 0.6) is 5.75 Å². The van der Waals surface area contributed by atoms with Gasteiger partial charge in [0.1, 0.15) is 11.9 Å². The van der Waals surface area contributed by atoms with Crippen LogP contribution in [-0.2, 0) is 4.79 Å². The van der Waals surface area contributed by atoms with Crippen LogP contribution in [0.15, 0.2) is 47.4 Å². The van der Waals surface area contributed by atoms with Gasteiger partial charge in [0.25, 0.3) is 5.91 Å². The first-order valence-electron chi connectivity index (χ1n) is 8.96. The van der Waals surface area contributed by atoms with Crippen molar-refractivity contribution in [2.24, 2.45) is 0 Å². The lowest BCUT2D eigenvalue weighted by molar-refractivity contribution is -0.126. The molecule has 2 aromatic carbocycles. The number of hydrogen-bond donors (Lipinski definition) is 1. The van der Waals surface area contributed by atoms with Crippen LogP contribution in [-0.4, -0.2) is 56.3 Å². The molecule has 1 heterocycles. The topological polar surface area (TPSA) is 53.0 Å². The minimum Gasteiger partial charge on any atom is -0.497 e. The van der Waals surface area contributed by atoms with Crippen molar-refractivity contribution in [2.45, 2.75) is 23.2 Å². The number of rotatable bonds is 5. The van der Waals surface area contributed by atoms with Crippen molar-refractivity contribution in [3.63, 3.8) is 0 Å². The van der Waals surface area contributed by atoms with Gasteiger partial charge in [0.15, 0.2) is 0 Å². The van der Waals surface area contributed by atoms with E-state index in [4.69, 9.17) is 4.74 Å². The normalized spacial score (nSPS) is 19.8. The average Bonchev–Trinajstić information content (AvgIpc) is 2.76. The molecule has 0 saturated heterocycles. The number of carbonyl (C=O) groups is 1. The molecular weight excluding hydrogens is 360 g/mol. The molecule has 2 unspecified atom stereocenters. The summed E-state index contributed by atoms with van der Waals surface area (Å²) in [5.41, 5.74) is 2.91. The van der Waals surface area contributed by atoms with Crippen LogP contribution >= 0.6 is 11.8 Å². The van der Waals surface area contributed by atoms with E-state index in [2.05, 4.69) is 0 Å². The molecule has 0 aromatic heterocycles. The Hall–Kier alpha value is -2.02. The Labute approximate surface area is 164 Å². The van der Waals surface area contributed by atoms with E-state index < -0.39 is 6.10 Å². The highest BCUT2D eigenvalue weighted by molar-refractivity contribution is 7.99. The molecule has 0 aliphatic carbocycles. The number of likely N-dealkylation sites (N-methyl/N-ethyl adjacent to an activating group) is 1. The molecule has 2 aromatic rings. The number of ether oxygens (including phenoxy) is 1. The summed E-state index contributed by atoms with van der Waals surface area (Å²) in [6.45, 7) is 3.25. The van der Waals surface area contributed by atoms with E-state index in [9.17, 15) is 9.90 Å². The number of benzene rings is 2. The second-order valence-electron chi connectivity index (χ2n) is 7.02. The number of carbonyl (C=O) groups excluding carboxylic acids is 1. The second kappa shape index (κ2) is 8.33. The van der Waals surface area contributed by atoms with Crippen LogP contribution in [0.4, 0.5) is 5.69 Å². The van der Waals surface area contributed by atoms with Crippen molar-refractivity contribution < 1.29 is 14.6 Å². The summed E-state index contributed by atoms with van der Waals surface area (Å²) in [6.07, 6.45) is -1.11. The van der Waals surface area contributed by atoms with Crippen molar-refractivity contribution >= 4 is 23.4 Å². The first-order valence-corrected chi connectivity index (χ1v) is 9.84.